The summed E-state index contributed by atoms with van der Waals surface area (Å²) in [6, 6.07) is 11.1. The number of carbonyl (C=O) groups is 1. The Morgan fingerprint density at radius 1 is 1.13 bits per heavy atom. The van der Waals surface area contributed by atoms with Crippen molar-refractivity contribution in [3.8, 4) is 11.3 Å². The van der Waals surface area contributed by atoms with E-state index in [0.717, 1.165) is 12.1 Å². The summed E-state index contributed by atoms with van der Waals surface area (Å²) in [4.78, 5) is 12.0. The molecule has 3 aromatic rings. The van der Waals surface area contributed by atoms with Crippen LogP contribution in [0.4, 0.5) is 14.5 Å². The number of benzene rings is 2. The fourth-order valence-electron chi connectivity index (χ4n) is 1.94. The highest BCUT2D eigenvalue weighted by atomic mass is 35.5. The van der Waals surface area contributed by atoms with Gasteiger partial charge in [-0.1, -0.05) is 28.9 Å². The normalized spacial score (nSPS) is 10.6. The second kappa shape index (κ2) is 6.18. The zero-order chi connectivity index (χ0) is 16.4. The molecular formula is C16H9ClF2N2O2. The Labute approximate surface area is 134 Å². The number of aromatic nitrogens is 1. The molecule has 1 N–H and O–H groups in total. The van der Waals surface area contributed by atoms with Gasteiger partial charge in [0.1, 0.15) is 11.6 Å². The molecule has 0 radical (unpaired) electrons. The number of halogens is 3. The molecule has 0 saturated carbocycles. The lowest BCUT2D eigenvalue weighted by Gasteiger charge is -2.03. The quantitative estimate of drug-likeness (QED) is 0.766. The first-order valence-corrected chi connectivity index (χ1v) is 6.90. The third-order valence-corrected chi connectivity index (χ3v) is 3.27. The van der Waals surface area contributed by atoms with Crippen molar-refractivity contribution in [2.24, 2.45) is 0 Å². The average molecular weight is 335 g/mol. The number of nitrogens with zero attached hydrogens (tertiary/aromatic N) is 1. The van der Waals surface area contributed by atoms with E-state index in [-0.39, 0.29) is 11.4 Å². The molecule has 23 heavy (non-hydrogen) atoms. The van der Waals surface area contributed by atoms with Crippen molar-refractivity contribution in [2.75, 3.05) is 5.32 Å². The van der Waals surface area contributed by atoms with Gasteiger partial charge in [0.2, 0.25) is 0 Å². The Bertz CT molecular complexity index is 880. The van der Waals surface area contributed by atoms with Gasteiger partial charge in [0, 0.05) is 22.7 Å². The predicted molar refractivity (Wildman–Crippen MR) is 81.3 cm³/mol. The average Bonchev–Trinajstić information content (AvgIpc) is 3.00. The van der Waals surface area contributed by atoms with E-state index in [4.69, 9.17) is 16.1 Å². The van der Waals surface area contributed by atoms with Gasteiger partial charge in [-0.25, -0.2) is 8.78 Å². The van der Waals surface area contributed by atoms with Crippen molar-refractivity contribution >= 4 is 23.2 Å². The van der Waals surface area contributed by atoms with Gasteiger partial charge in [0.25, 0.3) is 5.91 Å². The molecule has 0 aliphatic carbocycles. The standard InChI is InChI=1S/C16H9ClF2N2O2/c17-10-3-1-2-9(6-10)15-8-14(21-23-15)16(22)20-13-5-4-11(18)7-12(13)19/h1-8H,(H,20,22). The van der Waals surface area contributed by atoms with Gasteiger partial charge in [-0.2, -0.15) is 0 Å². The maximum absolute atomic E-state index is 13.5. The Morgan fingerprint density at radius 2 is 1.96 bits per heavy atom. The van der Waals surface area contributed by atoms with E-state index in [1.807, 2.05) is 0 Å². The molecule has 2 aromatic carbocycles. The van der Waals surface area contributed by atoms with Crippen LogP contribution in [-0.4, -0.2) is 11.1 Å². The van der Waals surface area contributed by atoms with Crippen molar-refractivity contribution in [2.45, 2.75) is 0 Å². The van der Waals surface area contributed by atoms with E-state index < -0.39 is 17.5 Å². The van der Waals surface area contributed by atoms with E-state index in [9.17, 15) is 13.6 Å². The maximum Gasteiger partial charge on any atom is 0.277 e. The first-order valence-electron chi connectivity index (χ1n) is 6.52. The second-order valence-electron chi connectivity index (χ2n) is 4.67. The topological polar surface area (TPSA) is 55.1 Å². The van der Waals surface area contributed by atoms with Gasteiger partial charge in [-0.15, -0.1) is 0 Å². The molecule has 0 spiro atoms. The molecule has 0 fully saturated rings. The summed E-state index contributed by atoms with van der Waals surface area (Å²) in [6.45, 7) is 0. The van der Waals surface area contributed by atoms with E-state index in [2.05, 4.69) is 10.5 Å². The molecule has 116 valence electrons. The SMILES string of the molecule is O=C(Nc1ccc(F)cc1F)c1cc(-c2cccc(Cl)c2)on1. The van der Waals surface area contributed by atoms with Gasteiger partial charge >= 0.3 is 0 Å². The van der Waals surface area contributed by atoms with Gasteiger partial charge < -0.3 is 9.84 Å². The molecule has 0 unspecified atom stereocenters. The van der Waals surface area contributed by atoms with Crippen molar-refractivity contribution in [3.05, 3.63) is 70.9 Å². The zero-order valence-corrected chi connectivity index (χ0v) is 12.3. The molecule has 4 nitrogen and oxygen atoms in total. The summed E-state index contributed by atoms with van der Waals surface area (Å²) in [6.07, 6.45) is 0. The summed E-state index contributed by atoms with van der Waals surface area (Å²) in [7, 11) is 0. The van der Waals surface area contributed by atoms with Gasteiger partial charge in [0.15, 0.2) is 11.5 Å². The van der Waals surface area contributed by atoms with Gasteiger partial charge in [0.05, 0.1) is 5.69 Å². The van der Waals surface area contributed by atoms with Crippen LogP contribution in [0.1, 0.15) is 10.5 Å². The Morgan fingerprint density at radius 3 is 2.70 bits per heavy atom. The monoisotopic (exact) mass is 334 g/mol. The van der Waals surface area contributed by atoms with Crippen LogP contribution in [0, 0.1) is 11.6 Å². The second-order valence-corrected chi connectivity index (χ2v) is 5.10. The van der Waals surface area contributed by atoms with Crippen molar-refractivity contribution in [1.82, 2.24) is 5.16 Å². The Kier molecular flexibility index (Phi) is 4.08. The van der Waals surface area contributed by atoms with Crippen LogP contribution in [0.5, 0.6) is 0 Å². The highest BCUT2D eigenvalue weighted by Crippen LogP contribution is 2.24. The van der Waals surface area contributed by atoms with Crippen molar-refractivity contribution < 1.29 is 18.1 Å². The highest BCUT2D eigenvalue weighted by Gasteiger charge is 2.16. The lowest BCUT2D eigenvalue weighted by Crippen LogP contribution is -2.13. The Balaban J connectivity index is 1.81. The molecule has 1 aromatic heterocycles. The number of hydrogen-bond acceptors (Lipinski definition) is 3. The number of hydrogen-bond donors (Lipinski definition) is 1. The van der Waals surface area contributed by atoms with Crippen LogP contribution in [0.2, 0.25) is 5.02 Å². The molecule has 3 rings (SSSR count). The summed E-state index contributed by atoms with van der Waals surface area (Å²) >= 11 is 5.89. The molecule has 0 aliphatic rings. The summed E-state index contributed by atoms with van der Waals surface area (Å²) in [5.74, 6) is -1.94. The lowest BCUT2D eigenvalue weighted by molar-refractivity contribution is 0.101. The van der Waals surface area contributed by atoms with Crippen LogP contribution < -0.4 is 5.32 Å². The molecule has 1 amide bonds. The van der Waals surface area contributed by atoms with Crippen molar-refractivity contribution in [3.63, 3.8) is 0 Å². The smallest absolute Gasteiger partial charge is 0.277 e. The van der Waals surface area contributed by atoms with Gasteiger partial charge in [-0.3, -0.25) is 4.79 Å². The van der Waals surface area contributed by atoms with Crippen LogP contribution in [0.15, 0.2) is 53.1 Å². The Hall–Kier alpha value is -2.73. The maximum atomic E-state index is 13.5. The number of anilines is 1. The van der Waals surface area contributed by atoms with Crippen molar-refractivity contribution in [1.29, 1.82) is 0 Å². The minimum absolute atomic E-state index is 0.0382. The van der Waals surface area contributed by atoms with E-state index in [1.54, 1.807) is 24.3 Å². The number of carbonyl (C=O) groups excluding carboxylic acids is 1. The van der Waals surface area contributed by atoms with Crippen LogP contribution >= 0.6 is 11.6 Å². The first kappa shape index (κ1) is 15.2. The third kappa shape index (κ3) is 3.37. The molecule has 0 bridgehead atoms. The largest absolute Gasteiger partial charge is 0.355 e. The van der Waals surface area contributed by atoms with E-state index >= 15 is 0 Å². The predicted octanol–water partition coefficient (Wildman–Crippen LogP) is 4.53. The first-order chi connectivity index (χ1) is 11.0. The molecule has 0 aliphatic heterocycles. The van der Waals surface area contributed by atoms with Crippen LogP contribution in [-0.2, 0) is 0 Å². The molecule has 1 heterocycles. The van der Waals surface area contributed by atoms with Crippen LogP contribution in [0.25, 0.3) is 11.3 Å². The summed E-state index contributed by atoms with van der Waals surface area (Å²) in [5, 5.41) is 6.45. The third-order valence-electron chi connectivity index (χ3n) is 3.03. The molecule has 0 saturated heterocycles. The molecule has 7 heteroatoms. The van der Waals surface area contributed by atoms with Crippen LogP contribution in [0.3, 0.4) is 0 Å². The molecular weight excluding hydrogens is 326 g/mol. The zero-order valence-electron chi connectivity index (χ0n) is 11.5. The number of amides is 1. The summed E-state index contributed by atoms with van der Waals surface area (Å²) < 4.78 is 31.5. The van der Waals surface area contributed by atoms with E-state index in [1.165, 1.54) is 6.07 Å². The lowest BCUT2D eigenvalue weighted by atomic mass is 10.1. The number of rotatable bonds is 3. The molecule has 0 atom stereocenters. The summed E-state index contributed by atoms with van der Waals surface area (Å²) in [5.41, 5.74) is 0.462. The van der Waals surface area contributed by atoms with E-state index in [0.29, 0.717) is 22.4 Å². The fraction of sp³-hybridized carbons (Fsp3) is 0. The number of nitrogens with one attached hydrogen (secondary N) is 1. The fourth-order valence-corrected chi connectivity index (χ4v) is 2.13. The highest BCUT2D eigenvalue weighted by molar-refractivity contribution is 6.30. The van der Waals surface area contributed by atoms with Gasteiger partial charge in [-0.05, 0) is 24.3 Å². The minimum Gasteiger partial charge on any atom is -0.355 e. The minimum atomic E-state index is -0.878.